The van der Waals surface area contributed by atoms with Gasteiger partial charge in [0.2, 0.25) is 0 Å². The van der Waals surface area contributed by atoms with Gasteiger partial charge in [0.25, 0.3) is 0 Å². The SMILES string of the molecule is NC(=S)c1cc(F)cc(F)c1. The zero-order chi connectivity index (χ0) is 8.43. The summed E-state index contributed by atoms with van der Waals surface area (Å²) < 4.78 is 24.9. The molecule has 0 amide bonds. The Bertz CT molecular complexity index is 278. The molecule has 0 atom stereocenters. The monoisotopic (exact) mass is 173 g/mol. The maximum Gasteiger partial charge on any atom is 0.126 e. The first-order valence-corrected chi connectivity index (χ1v) is 3.26. The summed E-state index contributed by atoms with van der Waals surface area (Å²) in [4.78, 5) is -0.0107. The topological polar surface area (TPSA) is 26.0 Å². The molecule has 0 aliphatic rings. The van der Waals surface area contributed by atoms with Crippen LogP contribution in [0.1, 0.15) is 5.56 Å². The second-order valence-electron chi connectivity index (χ2n) is 2.02. The van der Waals surface area contributed by atoms with E-state index in [0.29, 0.717) is 0 Å². The molecule has 0 aliphatic heterocycles. The number of nitrogens with two attached hydrogens (primary N) is 1. The van der Waals surface area contributed by atoms with Crippen LogP contribution in [0, 0.1) is 11.6 Å². The lowest BCUT2D eigenvalue weighted by Crippen LogP contribution is -2.09. The average Bonchev–Trinajstić information content (AvgIpc) is 1.85. The van der Waals surface area contributed by atoms with Crippen LogP contribution in [0.3, 0.4) is 0 Å². The van der Waals surface area contributed by atoms with E-state index in [1.807, 2.05) is 0 Å². The molecule has 0 aromatic heterocycles. The Kier molecular flexibility index (Phi) is 2.14. The standard InChI is InChI=1S/C7H5F2NS/c8-5-1-4(7(10)11)2-6(9)3-5/h1-3H,(H2,10,11). The Morgan fingerprint density at radius 3 is 2.00 bits per heavy atom. The summed E-state index contributed by atoms with van der Waals surface area (Å²) >= 11 is 4.53. The van der Waals surface area contributed by atoms with Crippen LogP contribution in [0.4, 0.5) is 8.78 Å². The number of hydrogen-bond acceptors (Lipinski definition) is 1. The van der Waals surface area contributed by atoms with Gasteiger partial charge in [-0.2, -0.15) is 0 Å². The van der Waals surface area contributed by atoms with Crippen molar-refractivity contribution >= 4 is 17.2 Å². The van der Waals surface area contributed by atoms with Crippen molar-refractivity contribution in [2.75, 3.05) is 0 Å². The van der Waals surface area contributed by atoms with E-state index in [1.54, 1.807) is 0 Å². The Balaban J connectivity index is 3.19. The maximum atomic E-state index is 12.4. The second kappa shape index (κ2) is 2.92. The summed E-state index contributed by atoms with van der Waals surface area (Å²) in [6.45, 7) is 0. The van der Waals surface area contributed by atoms with E-state index in [2.05, 4.69) is 12.2 Å². The van der Waals surface area contributed by atoms with Gasteiger partial charge in [-0.25, -0.2) is 8.78 Å². The van der Waals surface area contributed by atoms with Crippen molar-refractivity contribution in [2.45, 2.75) is 0 Å². The number of rotatable bonds is 1. The molecule has 1 nitrogen and oxygen atoms in total. The minimum Gasteiger partial charge on any atom is -0.389 e. The summed E-state index contributed by atoms with van der Waals surface area (Å²) in [5.41, 5.74) is 5.36. The summed E-state index contributed by atoms with van der Waals surface area (Å²) in [6, 6.07) is 2.94. The van der Waals surface area contributed by atoms with Crippen LogP contribution < -0.4 is 5.73 Å². The van der Waals surface area contributed by atoms with Crippen LogP contribution in [0.15, 0.2) is 18.2 Å². The third-order valence-electron chi connectivity index (χ3n) is 1.15. The second-order valence-corrected chi connectivity index (χ2v) is 2.46. The molecule has 0 spiro atoms. The van der Waals surface area contributed by atoms with Gasteiger partial charge in [-0.05, 0) is 12.1 Å². The third-order valence-corrected chi connectivity index (χ3v) is 1.38. The van der Waals surface area contributed by atoms with Gasteiger partial charge in [0.05, 0.1) is 0 Å². The van der Waals surface area contributed by atoms with Gasteiger partial charge in [-0.3, -0.25) is 0 Å². The van der Waals surface area contributed by atoms with E-state index < -0.39 is 11.6 Å². The van der Waals surface area contributed by atoms with Crippen LogP contribution in [-0.2, 0) is 0 Å². The lowest BCUT2D eigenvalue weighted by atomic mass is 10.2. The highest BCUT2D eigenvalue weighted by atomic mass is 32.1. The Labute approximate surface area is 67.8 Å². The van der Waals surface area contributed by atoms with Gasteiger partial charge >= 0.3 is 0 Å². The number of thiocarbonyl (C=S) groups is 1. The molecule has 4 heteroatoms. The van der Waals surface area contributed by atoms with Crippen molar-refractivity contribution in [3.05, 3.63) is 35.4 Å². The van der Waals surface area contributed by atoms with Gasteiger partial charge in [0.1, 0.15) is 16.6 Å². The molecule has 0 aliphatic carbocycles. The van der Waals surface area contributed by atoms with E-state index in [9.17, 15) is 8.78 Å². The largest absolute Gasteiger partial charge is 0.389 e. The molecule has 11 heavy (non-hydrogen) atoms. The van der Waals surface area contributed by atoms with Crippen molar-refractivity contribution in [3.63, 3.8) is 0 Å². The molecule has 1 aromatic rings. The molecule has 2 N–H and O–H groups in total. The Hall–Kier alpha value is -1.03. The quantitative estimate of drug-likeness (QED) is 0.653. The first-order valence-electron chi connectivity index (χ1n) is 2.85. The molecule has 0 bridgehead atoms. The van der Waals surface area contributed by atoms with Crippen LogP contribution in [0.25, 0.3) is 0 Å². The zero-order valence-electron chi connectivity index (χ0n) is 5.47. The molecular formula is C7H5F2NS. The predicted octanol–water partition coefficient (Wildman–Crippen LogP) is 1.60. The van der Waals surface area contributed by atoms with Crippen LogP contribution in [0.5, 0.6) is 0 Å². The van der Waals surface area contributed by atoms with E-state index >= 15 is 0 Å². The van der Waals surface area contributed by atoms with Crippen LogP contribution in [0.2, 0.25) is 0 Å². The molecule has 0 saturated carbocycles. The first kappa shape index (κ1) is 8.07. The fraction of sp³-hybridized carbons (Fsp3) is 0. The lowest BCUT2D eigenvalue weighted by molar-refractivity contribution is 0.583. The van der Waals surface area contributed by atoms with Crippen molar-refractivity contribution in [3.8, 4) is 0 Å². The fourth-order valence-corrected chi connectivity index (χ4v) is 0.814. The van der Waals surface area contributed by atoms with Gasteiger partial charge < -0.3 is 5.73 Å². The smallest absolute Gasteiger partial charge is 0.126 e. The van der Waals surface area contributed by atoms with Crippen LogP contribution >= 0.6 is 12.2 Å². The first-order chi connectivity index (χ1) is 5.09. The maximum absolute atomic E-state index is 12.4. The van der Waals surface area contributed by atoms with Crippen LogP contribution in [-0.4, -0.2) is 4.99 Å². The summed E-state index contributed by atoms with van der Waals surface area (Å²) in [5, 5.41) is 0. The predicted molar refractivity (Wildman–Crippen MR) is 42.2 cm³/mol. The van der Waals surface area contributed by atoms with E-state index in [4.69, 9.17) is 5.73 Å². The van der Waals surface area contributed by atoms with Crippen molar-refractivity contribution in [2.24, 2.45) is 5.73 Å². The molecule has 0 saturated heterocycles. The Morgan fingerprint density at radius 1 is 1.18 bits per heavy atom. The molecule has 0 heterocycles. The summed E-state index contributed by atoms with van der Waals surface area (Å²) in [6.07, 6.45) is 0. The van der Waals surface area contributed by atoms with Gasteiger partial charge in [0, 0.05) is 11.6 Å². The molecule has 1 aromatic carbocycles. The van der Waals surface area contributed by atoms with Crippen molar-refractivity contribution in [1.82, 2.24) is 0 Å². The van der Waals surface area contributed by atoms with Crippen molar-refractivity contribution < 1.29 is 8.78 Å². The lowest BCUT2D eigenvalue weighted by Gasteiger charge is -1.97. The van der Waals surface area contributed by atoms with Crippen molar-refractivity contribution in [1.29, 1.82) is 0 Å². The number of benzene rings is 1. The van der Waals surface area contributed by atoms with E-state index in [0.717, 1.165) is 18.2 Å². The third kappa shape index (κ3) is 1.94. The highest BCUT2D eigenvalue weighted by molar-refractivity contribution is 7.80. The van der Waals surface area contributed by atoms with Gasteiger partial charge in [-0.1, -0.05) is 12.2 Å². The summed E-state index contributed by atoms with van der Waals surface area (Å²) in [5.74, 6) is -1.35. The molecular weight excluding hydrogens is 168 g/mol. The van der Waals surface area contributed by atoms with Gasteiger partial charge in [-0.15, -0.1) is 0 Å². The number of hydrogen-bond donors (Lipinski definition) is 1. The van der Waals surface area contributed by atoms with E-state index in [1.165, 1.54) is 0 Å². The molecule has 0 fully saturated rings. The fourth-order valence-electron chi connectivity index (χ4n) is 0.696. The molecule has 0 radical (unpaired) electrons. The normalized spacial score (nSPS) is 9.64. The molecule has 58 valence electrons. The highest BCUT2D eigenvalue weighted by Gasteiger charge is 2.01. The minimum atomic E-state index is -0.673. The summed E-state index contributed by atoms with van der Waals surface area (Å²) in [7, 11) is 0. The molecule has 0 unspecified atom stereocenters. The van der Waals surface area contributed by atoms with E-state index in [-0.39, 0.29) is 10.6 Å². The number of halogens is 2. The minimum absolute atomic E-state index is 0.0107. The zero-order valence-corrected chi connectivity index (χ0v) is 6.29. The average molecular weight is 173 g/mol. The molecule has 1 rings (SSSR count). The van der Waals surface area contributed by atoms with Gasteiger partial charge in [0.15, 0.2) is 0 Å². The Morgan fingerprint density at radius 2 is 1.64 bits per heavy atom. The highest BCUT2D eigenvalue weighted by Crippen LogP contribution is 2.07.